The zero-order valence-electron chi connectivity index (χ0n) is 8.08. The number of isocyanates is 1. The van der Waals surface area contributed by atoms with Crippen molar-refractivity contribution in [3.8, 4) is 0 Å². The topological polar surface area (TPSA) is 29.4 Å². The van der Waals surface area contributed by atoms with E-state index < -0.39 is 0 Å². The van der Waals surface area contributed by atoms with Crippen molar-refractivity contribution in [1.29, 1.82) is 0 Å². The SMILES string of the molecule is O=C=NCCc1cc2c(s1)CCCC2. The van der Waals surface area contributed by atoms with Gasteiger partial charge >= 0.3 is 0 Å². The second-order valence-corrected chi connectivity index (χ2v) is 4.81. The van der Waals surface area contributed by atoms with E-state index in [1.165, 1.54) is 36.1 Å². The van der Waals surface area contributed by atoms with Gasteiger partial charge in [0.25, 0.3) is 0 Å². The van der Waals surface area contributed by atoms with Crippen molar-refractivity contribution < 1.29 is 4.79 Å². The zero-order valence-corrected chi connectivity index (χ0v) is 8.90. The first-order chi connectivity index (χ1) is 6.90. The molecule has 0 aliphatic heterocycles. The van der Waals surface area contributed by atoms with Crippen LogP contribution in [0, 0.1) is 0 Å². The number of aryl methyl sites for hydroxylation is 2. The molecule has 0 amide bonds. The second-order valence-electron chi connectivity index (χ2n) is 3.59. The maximum Gasteiger partial charge on any atom is 0.234 e. The fourth-order valence-corrected chi connectivity index (χ4v) is 3.14. The van der Waals surface area contributed by atoms with Gasteiger partial charge in [0.2, 0.25) is 6.08 Å². The highest BCUT2D eigenvalue weighted by Crippen LogP contribution is 2.29. The maximum atomic E-state index is 9.90. The number of hydrogen-bond donors (Lipinski definition) is 0. The number of fused-ring (bicyclic) bond motifs is 1. The number of thiophene rings is 1. The average molecular weight is 207 g/mol. The Kier molecular flexibility index (Phi) is 3.12. The molecule has 2 nitrogen and oxygen atoms in total. The summed E-state index contributed by atoms with van der Waals surface area (Å²) in [6, 6.07) is 2.29. The van der Waals surface area contributed by atoms with Crippen molar-refractivity contribution in [3.05, 3.63) is 21.4 Å². The van der Waals surface area contributed by atoms with Gasteiger partial charge in [0.1, 0.15) is 0 Å². The molecular weight excluding hydrogens is 194 g/mol. The number of nitrogens with zero attached hydrogens (tertiary/aromatic N) is 1. The first-order valence-electron chi connectivity index (χ1n) is 5.04. The third-order valence-corrected chi connectivity index (χ3v) is 3.88. The molecule has 1 heterocycles. The highest BCUT2D eigenvalue weighted by atomic mass is 32.1. The van der Waals surface area contributed by atoms with Crippen molar-refractivity contribution in [2.45, 2.75) is 32.1 Å². The van der Waals surface area contributed by atoms with E-state index >= 15 is 0 Å². The van der Waals surface area contributed by atoms with Crippen LogP contribution in [0.1, 0.15) is 28.2 Å². The second kappa shape index (κ2) is 4.54. The lowest BCUT2D eigenvalue weighted by atomic mass is 9.99. The molecule has 0 radical (unpaired) electrons. The Morgan fingerprint density at radius 2 is 2.29 bits per heavy atom. The van der Waals surface area contributed by atoms with Crippen molar-refractivity contribution in [2.75, 3.05) is 6.54 Å². The minimum Gasteiger partial charge on any atom is -0.211 e. The summed E-state index contributed by atoms with van der Waals surface area (Å²) in [4.78, 5) is 16.4. The number of hydrogen-bond acceptors (Lipinski definition) is 3. The van der Waals surface area contributed by atoms with Crippen LogP contribution >= 0.6 is 11.3 Å². The normalized spacial score (nSPS) is 14.6. The molecule has 0 spiro atoms. The van der Waals surface area contributed by atoms with Crippen LogP contribution in [-0.2, 0) is 24.1 Å². The molecule has 74 valence electrons. The van der Waals surface area contributed by atoms with Gasteiger partial charge in [-0.3, -0.25) is 0 Å². The van der Waals surface area contributed by atoms with Crippen LogP contribution in [0.5, 0.6) is 0 Å². The lowest BCUT2D eigenvalue weighted by Gasteiger charge is -2.08. The third kappa shape index (κ3) is 2.11. The predicted molar refractivity (Wildman–Crippen MR) is 57.7 cm³/mol. The summed E-state index contributed by atoms with van der Waals surface area (Å²) in [5, 5.41) is 0. The van der Waals surface area contributed by atoms with E-state index in [0.717, 1.165) is 6.42 Å². The summed E-state index contributed by atoms with van der Waals surface area (Å²) in [7, 11) is 0. The summed E-state index contributed by atoms with van der Waals surface area (Å²) < 4.78 is 0. The van der Waals surface area contributed by atoms with Gasteiger partial charge < -0.3 is 0 Å². The molecule has 2 rings (SSSR count). The van der Waals surface area contributed by atoms with Crippen LogP contribution in [-0.4, -0.2) is 12.6 Å². The zero-order chi connectivity index (χ0) is 9.80. The van der Waals surface area contributed by atoms with Gasteiger partial charge in [-0.15, -0.1) is 11.3 Å². The molecule has 0 bridgehead atoms. The molecule has 0 aromatic carbocycles. The predicted octanol–water partition coefficient (Wildman–Crippen LogP) is 2.51. The van der Waals surface area contributed by atoms with Crippen molar-refractivity contribution in [1.82, 2.24) is 0 Å². The molecule has 1 aliphatic rings. The summed E-state index contributed by atoms with van der Waals surface area (Å²) in [5.41, 5.74) is 1.53. The highest BCUT2D eigenvalue weighted by molar-refractivity contribution is 7.12. The van der Waals surface area contributed by atoms with Crippen molar-refractivity contribution in [2.24, 2.45) is 4.99 Å². The van der Waals surface area contributed by atoms with Gasteiger partial charge in [0.05, 0.1) is 6.54 Å². The summed E-state index contributed by atoms with van der Waals surface area (Å²) in [5.74, 6) is 0. The molecule has 0 saturated carbocycles. The number of carbonyl (C=O) groups excluding carboxylic acids is 1. The minimum atomic E-state index is 0.586. The summed E-state index contributed by atoms with van der Waals surface area (Å²) in [6.07, 6.45) is 7.62. The van der Waals surface area contributed by atoms with E-state index in [1.54, 1.807) is 11.0 Å². The molecule has 0 N–H and O–H groups in total. The third-order valence-electron chi connectivity index (χ3n) is 2.58. The van der Waals surface area contributed by atoms with Gasteiger partial charge in [-0.25, -0.2) is 9.79 Å². The molecule has 1 aromatic heterocycles. The molecule has 0 fully saturated rings. The standard InChI is InChI=1S/C11H13NOS/c13-8-12-6-5-10-7-9-3-1-2-4-11(9)14-10/h7H,1-6H2. The van der Waals surface area contributed by atoms with Crippen molar-refractivity contribution in [3.63, 3.8) is 0 Å². The quantitative estimate of drug-likeness (QED) is 0.553. The average Bonchev–Trinajstić information content (AvgIpc) is 2.60. The van der Waals surface area contributed by atoms with E-state index in [9.17, 15) is 4.79 Å². The highest BCUT2D eigenvalue weighted by Gasteiger charge is 2.12. The van der Waals surface area contributed by atoms with E-state index in [0.29, 0.717) is 6.54 Å². The Bertz CT molecular complexity index is 340. The van der Waals surface area contributed by atoms with E-state index in [4.69, 9.17) is 0 Å². The lowest BCUT2D eigenvalue weighted by Crippen LogP contribution is -1.96. The Morgan fingerprint density at radius 3 is 3.07 bits per heavy atom. The molecule has 3 heteroatoms. The van der Waals surface area contributed by atoms with Crippen LogP contribution < -0.4 is 0 Å². The Morgan fingerprint density at radius 1 is 1.43 bits per heavy atom. The maximum absolute atomic E-state index is 9.90. The summed E-state index contributed by atoms with van der Waals surface area (Å²) >= 11 is 1.90. The van der Waals surface area contributed by atoms with Gasteiger partial charge in [0.15, 0.2) is 0 Å². The fraction of sp³-hybridized carbons (Fsp3) is 0.545. The first kappa shape index (κ1) is 9.63. The molecule has 14 heavy (non-hydrogen) atoms. The molecule has 1 aromatic rings. The fourth-order valence-electron chi connectivity index (χ4n) is 1.89. The summed E-state index contributed by atoms with van der Waals surface area (Å²) in [6.45, 7) is 0.586. The van der Waals surface area contributed by atoms with Gasteiger partial charge in [-0.05, 0) is 37.3 Å². The van der Waals surface area contributed by atoms with Crippen LogP contribution in [0.15, 0.2) is 11.1 Å². The van der Waals surface area contributed by atoms with Crippen LogP contribution in [0.2, 0.25) is 0 Å². The molecule has 0 unspecified atom stereocenters. The van der Waals surface area contributed by atoms with Gasteiger partial charge in [-0.2, -0.15) is 0 Å². The minimum absolute atomic E-state index is 0.586. The Labute approximate surface area is 87.7 Å². The van der Waals surface area contributed by atoms with Crippen molar-refractivity contribution >= 4 is 17.4 Å². The number of aliphatic imine (C=N–C) groups is 1. The first-order valence-corrected chi connectivity index (χ1v) is 5.86. The van der Waals surface area contributed by atoms with Gasteiger partial charge in [-0.1, -0.05) is 0 Å². The molecule has 1 aliphatic carbocycles. The smallest absolute Gasteiger partial charge is 0.211 e. The molecular formula is C11H13NOS. The molecule has 0 saturated heterocycles. The Hall–Kier alpha value is -0.920. The van der Waals surface area contributed by atoms with Crippen LogP contribution in [0.25, 0.3) is 0 Å². The largest absolute Gasteiger partial charge is 0.234 e. The van der Waals surface area contributed by atoms with E-state index in [-0.39, 0.29) is 0 Å². The van der Waals surface area contributed by atoms with Gasteiger partial charge in [0, 0.05) is 16.2 Å². The molecule has 0 atom stereocenters. The van der Waals surface area contributed by atoms with Crippen LogP contribution in [0.4, 0.5) is 0 Å². The van der Waals surface area contributed by atoms with E-state index in [2.05, 4.69) is 11.1 Å². The van der Waals surface area contributed by atoms with E-state index in [1.807, 2.05) is 11.3 Å². The van der Waals surface area contributed by atoms with Crippen LogP contribution in [0.3, 0.4) is 0 Å². The number of rotatable bonds is 3. The monoisotopic (exact) mass is 207 g/mol. The Balaban J connectivity index is 2.04. The lowest BCUT2D eigenvalue weighted by molar-refractivity contribution is 0.563.